The lowest BCUT2D eigenvalue weighted by molar-refractivity contribution is -0.124. The first-order valence-electron chi connectivity index (χ1n) is 10.9. The van der Waals surface area contributed by atoms with Gasteiger partial charge in [-0.05, 0) is 56.0 Å². The van der Waals surface area contributed by atoms with E-state index in [0.717, 1.165) is 36.8 Å². The number of sulfonamides is 1. The quantitative estimate of drug-likeness (QED) is 0.640. The number of hydrogen-bond acceptors (Lipinski definition) is 5. The van der Waals surface area contributed by atoms with E-state index in [1.807, 2.05) is 38.1 Å². The van der Waals surface area contributed by atoms with Crippen molar-refractivity contribution in [2.45, 2.75) is 50.5 Å². The average Bonchev–Trinajstić information content (AvgIpc) is 3.08. The van der Waals surface area contributed by atoms with Gasteiger partial charge in [0.05, 0.1) is 16.5 Å². The lowest BCUT2D eigenvalue weighted by Crippen LogP contribution is -2.32. The van der Waals surface area contributed by atoms with Gasteiger partial charge in [-0.2, -0.15) is 4.31 Å². The maximum Gasteiger partial charge on any atom is 0.338 e. The van der Waals surface area contributed by atoms with Gasteiger partial charge in [0, 0.05) is 13.1 Å². The summed E-state index contributed by atoms with van der Waals surface area (Å²) in [6.45, 7) is 4.34. The molecule has 1 amide bonds. The summed E-state index contributed by atoms with van der Waals surface area (Å²) < 4.78 is 32.6. The minimum Gasteiger partial charge on any atom is -0.452 e. The van der Waals surface area contributed by atoms with Crippen molar-refractivity contribution in [2.24, 2.45) is 0 Å². The van der Waals surface area contributed by atoms with Crippen LogP contribution < -0.4 is 5.32 Å². The normalized spacial score (nSPS) is 16.1. The van der Waals surface area contributed by atoms with Crippen molar-refractivity contribution in [1.82, 2.24) is 9.62 Å². The maximum atomic E-state index is 13.0. The van der Waals surface area contributed by atoms with Crippen molar-refractivity contribution < 1.29 is 22.7 Å². The van der Waals surface area contributed by atoms with Crippen molar-refractivity contribution in [2.75, 3.05) is 19.7 Å². The Bertz CT molecular complexity index is 1060. The van der Waals surface area contributed by atoms with Crippen LogP contribution in [0.1, 0.15) is 60.1 Å². The number of nitrogens with one attached hydrogen (secondary N) is 1. The first kappa shape index (κ1) is 23.9. The second kappa shape index (κ2) is 10.7. The van der Waals surface area contributed by atoms with Crippen LogP contribution in [0.25, 0.3) is 0 Å². The molecule has 0 aromatic heterocycles. The molecule has 0 radical (unpaired) electrons. The van der Waals surface area contributed by atoms with Crippen LogP contribution in [0.5, 0.6) is 0 Å². The van der Waals surface area contributed by atoms with Crippen LogP contribution in [-0.4, -0.2) is 44.3 Å². The number of nitrogens with zero attached hydrogens (tertiary/aromatic N) is 1. The van der Waals surface area contributed by atoms with E-state index in [1.54, 1.807) is 0 Å². The first-order chi connectivity index (χ1) is 15.3. The number of aryl methyl sites for hydroxylation is 1. The first-order valence-corrected chi connectivity index (χ1v) is 12.4. The predicted octanol–water partition coefficient (Wildman–Crippen LogP) is 3.59. The topological polar surface area (TPSA) is 92.8 Å². The van der Waals surface area contributed by atoms with Crippen LogP contribution in [0.2, 0.25) is 0 Å². The number of benzene rings is 2. The zero-order valence-corrected chi connectivity index (χ0v) is 19.4. The molecule has 2 aromatic carbocycles. The van der Waals surface area contributed by atoms with Gasteiger partial charge in [0.2, 0.25) is 10.0 Å². The molecule has 1 N–H and O–H groups in total. The Hall–Kier alpha value is -2.71. The number of carbonyl (C=O) groups excluding carboxylic acids is 2. The molecule has 0 spiro atoms. The minimum absolute atomic E-state index is 0.0616. The van der Waals surface area contributed by atoms with E-state index in [1.165, 1.54) is 28.6 Å². The fourth-order valence-corrected chi connectivity index (χ4v) is 5.43. The van der Waals surface area contributed by atoms with Gasteiger partial charge in [0.1, 0.15) is 0 Å². The lowest BCUT2D eigenvalue weighted by Gasteiger charge is -2.20. The molecule has 1 aliphatic heterocycles. The van der Waals surface area contributed by atoms with Gasteiger partial charge >= 0.3 is 5.97 Å². The van der Waals surface area contributed by atoms with Gasteiger partial charge in [-0.25, -0.2) is 13.2 Å². The number of esters is 1. The number of carbonyl (C=O) groups is 2. The Balaban J connectivity index is 1.61. The standard InChI is InChI=1S/C24H30N2O5S/c1-18-10-5-6-13-22(18)19(2)25-23(27)17-31-24(28)20-11-9-12-21(16-20)32(29,30)26-14-7-3-4-8-15-26/h5-6,9-13,16,19H,3-4,7-8,14-15,17H2,1-2H3,(H,25,27). The zero-order valence-electron chi connectivity index (χ0n) is 18.5. The molecule has 1 aliphatic rings. The fraction of sp³-hybridized carbons (Fsp3) is 0.417. The Morgan fingerprint density at radius 2 is 1.72 bits per heavy atom. The summed E-state index contributed by atoms with van der Waals surface area (Å²) in [4.78, 5) is 24.8. The van der Waals surface area contributed by atoms with E-state index in [2.05, 4.69) is 5.32 Å². The number of amides is 1. The van der Waals surface area contributed by atoms with Gasteiger partial charge in [-0.1, -0.05) is 43.2 Å². The lowest BCUT2D eigenvalue weighted by atomic mass is 10.0. The molecule has 172 valence electrons. The molecule has 2 aromatic rings. The van der Waals surface area contributed by atoms with Crippen LogP contribution in [0.3, 0.4) is 0 Å². The van der Waals surface area contributed by atoms with Crippen LogP contribution in [0.15, 0.2) is 53.4 Å². The molecule has 32 heavy (non-hydrogen) atoms. The van der Waals surface area contributed by atoms with E-state index < -0.39 is 28.5 Å². The predicted molar refractivity (Wildman–Crippen MR) is 122 cm³/mol. The van der Waals surface area contributed by atoms with Crippen LogP contribution in [0.4, 0.5) is 0 Å². The van der Waals surface area contributed by atoms with Gasteiger partial charge in [-0.3, -0.25) is 4.79 Å². The molecule has 8 heteroatoms. The number of hydrogen-bond donors (Lipinski definition) is 1. The molecule has 0 bridgehead atoms. The highest BCUT2D eigenvalue weighted by molar-refractivity contribution is 7.89. The van der Waals surface area contributed by atoms with Gasteiger partial charge in [-0.15, -0.1) is 0 Å². The highest BCUT2D eigenvalue weighted by Gasteiger charge is 2.26. The Morgan fingerprint density at radius 1 is 1.03 bits per heavy atom. The van der Waals surface area contributed by atoms with Crippen molar-refractivity contribution in [1.29, 1.82) is 0 Å². The molecule has 1 saturated heterocycles. The third-order valence-corrected chi connectivity index (χ3v) is 7.53. The Morgan fingerprint density at radius 3 is 2.41 bits per heavy atom. The third-order valence-electron chi connectivity index (χ3n) is 5.64. The minimum atomic E-state index is -3.68. The summed E-state index contributed by atoms with van der Waals surface area (Å²) in [5.74, 6) is -1.17. The highest BCUT2D eigenvalue weighted by atomic mass is 32.2. The van der Waals surface area contributed by atoms with Crippen molar-refractivity contribution in [3.8, 4) is 0 Å². The summed E-state index contributed by atoms with van der Waals surface area (Å²) in [6, 6.07) is 13.3. The third kappa shape index (κ3) is 5.95. The smallest absolute Gasteiger partial charge is 0.338 e. The fourth-order valence-electron chi connectivity index (χ4n) is 3.86. The van der Waals surface area contributed by atoms with E-state index in [0.29, 0.717) is 13.1 Å². The largest absolute Gasteiger partial charge is 0.452 e. The zero-order chi connectivity index (χ0) is 23.1. The Labute approximate surface area is 189 Å². The van der Waals surface area contributed by atoms with Crippen molar-refractivity contribution >= 4 is 21.9 Å². The summed E-state index contributed by atoms with van der Waals surface area (Å²) in [7, 11) is -3.68. The van der Waals surface area contributed by atoms with Crippen LogP contribution in [0, 0.1) is 6.92 Å². The van der Waals surface area contributed by atoms with E-state index in [9.17, 15) is 18.0 Å². The highest BCUT2D eigenvalue weighted by Crippen LogP contribution is 2.21. The molecule has 1 unspecified atom stereocenters. The number of rotatable bonds is 7. The molecule has 7 nitrogen and oxygen atoms in total. The van der Waals surface area contributed by atoms with Gasteiger partial charge in [0.25, 0.3) is 5.91 Å². The summed E-state index contributed by atoms with van der Waals surface area (Å²) in [6.07, 6.45) is 3.69. The van der Waals surface area contributed by atoms with E-state index >= 15 is 0 Å². The average molecular weight is 459 g/mol. The molecular weight excluding hydrogens is 428 g/mol. The summed E-state index contributed by atoms with van der Waals surface area (Å²) in [5.41, 5.74) is 2.14. The van der Waals surface area contributed by atoms with Gasteiger partial charge in [0.15, 0.2) is 6.61 Å². The second-order valence-corrected chi connectivity index (χ2v) is 10.0. The molecular formula is C24H30N2O5S. The molecule has 1 heterocycles. The van der Waals surface area contributed by atoms with Crippen molar-refractivity contribution in [3.63, 3.8) is 0 Å². The molecule has 3 rings (SSSR count). The van der Waals surface area contributed by atoms with Crippen LogP contribution >= 0.6 is 0 Å². The molecule has 0 saturated carbocycles. The summed E-state index contributed by atoms with van der Waals surface area (Å²) in [5, 5.41) is 2.81. The van der Waals surface area contributed by atoms with E-state index in [4.69, 9.17) is 4.74 Å². The van der Waals surface area contributed by atoms with Crippen molar-refractivity contribution in [3.05, 3.63) is 65.2 Å². The molecule has 1 atom stereocenters. The maximum absolute atomic E-state index is 13.0. The molecule has 1 fully saturated rings. The van der Waals surface area contributed by atoms with E-state index in [-0.39, 0.29) is 16.5 Å². The molecule has 0 aliphatic carbocycles. The number of ether oxygens (including phenoxy) is 1. The SMILES string of the molecule is Cc1ccccc1C(C)NC(=O)COC(=O)c1cccc(S(=O)(=O)N2CCCCCC2)c1. The second-order valence-electron chi connectivity index (χ2n) is 8.07. The summed E-state index contributed by atoms with van der Waals surface area (Å²) >= 11 is 0. The Kier molecular flexibility index (Phi) is 8.04. The van der Waals surface area contributed by atoms with Gasteiger partial charge < -0.3 is 10.1 Å². The van der Waals surface area contributed by atoms with Crippen LogP contribution in [-0.2, 0) is 19.6 Å². The monoisotopic (exact) mass is 458 g/mol.